The van der Waals surface area contributed by atoms with Gasteiger partial charge in [-0.15, -0.1) is 0 Å². The van der Waals surface area contributed by atoms with E-state index in [1.54, 1.807) is 12.1 Å². The van der Waals surface area contributed by atoms with Crippen LogP contribution in [0.3, 0.4) is 0 Å². The maximum absolute atomic E-state index is 12.1. The summed E-state index contributed by atoms with van der Waals surface area (Å²) in [6, 6.07) is 9.11. The number of methoxy groups -OCH3 is 1. The summed E-state index contributed by atoms with van der Waals surface area (Å²) in [5, 5.41) is 0.604. The van der Waals surface area contributed by atoms with Crippen molar-refractivity contribution in [1.82, 2.24) is 0 Å². The number of carbonyl (C=O) groups is 2. The third-order valence-corrected chi connectivity index (χ3v) is 4.01. The van der Waals surface area contributed by atoms with Crippen molar-refractivity contribution in [3.63, 3.8) is 0 Å². The van der Waals surface area contributed by atoms with Gasteiger partial charge in [0.1, 0.15) is 0 Å². The monoisotopic (exact) mass is 382 g/mol. The molecular weight excluding hydrogens is 367 g/mol. The molecule has 0 heterocycles. The maximum Gasteiger partial charge on any atom is 0.338 e. The van der Waals surface area contributed by atoms with E-state index in [9.17, 15) is 9.59 Å². The van der Waals surface area contributed by atoms with Crippen LogP contribution in [0, 0.1) is 0 Å². The lowest BCUT2D eigenvalue weighted by atomic mass is 10.1. The van der Waals surface area contributed by atoms with E-state index in [-0.39, 0.29) is 16.4 Å². The molecule has 0 fully saturated rings. The molecular formula is C18H16Cl2O5. The van der Waals surface area contributed by atoms with Gasteiger partial charge >= 0.3 is 5.97 Å². The van der Waals surface area contributed by atoms with E-state index in [1.165, 1.54) is 31.4 Å². The Morgan fingerprint density at radius 2 is 1.68 bits per heavy atom. The summed E-state index contributed by atoms with van der Waals surface area (Å²) in [6.07, 6.45) is 0. The Morgan fingerprint density at radius 3 is 2.32 bits per heavy atom. The standard InChI is InChI=1S/C18H16Cl2O5/c1-3-24-16-7-5-12(9-17(16)23-2)18(22)25-10-15(21)11-4-6-13(19)14(20)8-11/h4-9H,3,10H2,1-2H3. The number of rotatable bonds is 7. The molecule has 0 aliphatic carbocycles. The highest BCUT2D eigenvalue weighted by atomic mass is 35.5. The summed E-state index contributed by atoms with van der Waals surface area (Å²) in [6.45, 7) is 1.90. The topological polar surface area (TPSA) is 61.8 Å². The molecule has 0 bridgehead atoms. The van der Waals surface area contributed by atoms with Crippen molar-refractivity contribution in [3.8, 4) is 11.5 Å². The van der Waals surface area contributed by atoms with Gasteiger partial charge in [0.25, 0.3) is 0 Å². The van der Waals surface area contributed by atoms with Crippen molar-refractivity contribution in [2.24, 2.45) is 0 Å². The molecule has 2 aromatic rings. The highest BCUT2D eigenvalue weighted by Gasteiger charge is 2.15. The Morgan fingerprint density at radius 1 is 0.960 bits per heavy atom. The van der Waals surface area contributed by atoms with Crippen LogP contribution >= 0.6 is 23.2 Å². The number of benzene rings is 2. The van der Waals surface area contributed by atoms with Gasteiger partial charge in [-0.1, -0.05) is 23.2 Å². The molecule has 0 aromatic heterocycles. The average Bonchev–Trinajstić information content (AvgIpc) is 2.62. The van der Waals surface area contributed by atoms with Crippen LogP contribution in [0.2, 0.25) is 10.0 Å². The van der Waals surface area contributed by atoms with E-state index in [1.807, 2.05) is 6.92 Å². The van der Waals surface area contributed by atoms with Gasteiger partial charge in [-0.3, -0.25) is 4.79 Å². The summed E-state index contributed by atoms with van der Waals surface area (Å²) >= 11 is 11.7. The highest BCUT2D eigenvalue weighted by Crippen LogP contribution is 2.28. The zero-order valence-electron chi connectivity index (χ0n) is 13.7. The summed E-state index contributed by atoms with van der Waals surface area (Å²) in [5.41, 5.74) is 0.564. The van der Waals surface area contributed by atoms with Gasteiger partial charge in [0.15, 0.2) is 23.9 Å². The van der Waals surface area contributed by atoms with E-state index in [2.05, 4.69) is 0 Å². The molecule has 7 heteroatoms. The fourth-order valence-electron chi connectivity index (χ4n) is 2.04. The fraction of sp³-hybridized carbons (Fsp3) is 0.222. The van der Waals surface area contributed by atoms with E-state index in [0.29, 0.717) is 28.7 Å². The van der Waals surface area contributed by atoms with Crippen molar-refractivity contribution in [3.05, 3.63) is 57.6 Å². The second-order valence-electron chi connectivity index (χ2n) is 4.93. The number of ketones is 1. The Bertz CT molecular complexity index is 789. The van der Waals surface area contributed by atoms with Crippen molar-refractivity contribution in [1.29, 1.82) is 0 Å². The Hall–Kier alpha value is -2.24. The Balaban J connectivity index is 2.04. The SMILES string of the molecule is CCOc1ccc(C(=O)OCC(=O)c2ccc(Cl)c(Cl)c2)cc1OC. The van der Waals surface area contributed by atoms with E-state index < -0.39 is 12.6 Å². The lowest BCUT2D eigenvalue weighted by molar-refractivity contribution is 0.0474. The molecule has 2 rings (SSSR count). The van der Waals surface area contributed by atoms with Crippen molar-refractivity contribution >= 4 is 35.0 Å². The van der Waals surface area contributed by atoms with Gasteiger partial charge < -0.3 is 14.2 Å². The lowest BCUT2D eigenvalue weighted by Gasteiger charge is -2.11. The predicted molar refractivity (Wildman–Crippen MR) is 95.2 cm³/mol. The number of halogens is 2. The number of hydrogen-bond donors (Lipinski definition) is 0. The third-order valence-electron chi connectivity index (χ3n) is 3.28. The maximum atomic E-state index is 12.1. The van der Waals surface area contributed by atoms with Crippen LogP contribution in [0.25, 0.3) is 0 Å². The molecule has 5 nitrogen and oxygen atoms in total. The normalized spacial score (nSPS) is 10.2. The molecule has 25 heavy (non-hydrogen) atoms. The average molecular weight is 383 g/mol. The first-order valence-electron chi connectivity index (χ1n) is 7.42. The molecule has 0 atom stereocenters. The molecule has 2 aromatic carbocycles. The van der Waals surface area contributed by atoms with Crippen LogP contribution in [0.4, 0.5) is 0 Å². The Kier molecular flexibility index (Phi) is 6.67. The van der Waals surface area contributed by atoms with Crippen LogP contribution in [-0.2, 0) is 4.74 Å². The summed E-state index contributed by atoms with van der Waals surface area (Å²) in [7, 11) is 1.47. The van der Waals surface area contributed by atoms with Crippen molar-refractivity contribution < 1.29 is 23.8 Å². The van der Waals surface area contributed by atoms with Crippen molar-refractivity contribution in [2.75, 3.05) is 20.3 Å². The number of esters is 1. The van der Waals surface area contributed by atoms with E-state index >= 15 is 0 Å². The predicted octanol–water partition coefficient (Wildman–Crippen LogP) is 4.44. The molecule has 0 radical (unpaired) electrons. The number of carbonyl (C=O) groups excluding carboxylic acids is 2. The zero-order chi connectivity index (χ0) is 18.4. The smallest absolute Gasteiger partial charge is 0.338 e. The highest BCUT2D eigenvalue weighted by molar-refractivity contribution is 6.42. The summed E-state index contributed by atoms with van der Waals surface area (Å²) < 4.78 is 15.6. The number of hydrogen-bond acceptors (Lipinski definition) is 5. The fourth-order valence-corrected chi connectivity index (χ4v) is 2.33. The molecule has 132 valence electrons. The van der Waals surface area contributed by atoms with Gasteiger partial charge in [-0.25, -0.2) is 4.79 Å². The van der Waals surface area contributed by atoms with Gasteiger partial charge in [-0.2, -0.15) is 0 Å². The summed E-state index contributed by atoms with van der Waals surface area (Å²) in [5.74, 6) is -0.0971. The second kappa shape index (κ2) is 8.74. The van der Waals surface area contributed by atoms with Gasteiger partial charge in [0.2, 0.25) is 0 Å². The van der Waals surface area contributed by atoms with Crippen molar-refractivity contribution in [2.45, 2.75) is 6.92 Å². The lowest BCUT2D eigenvalue weighted by Crippen LogP contribution is -2.14. The molecule has 0 saturated heterocycles. The molecule has 0 amide bonds. The Labute approximate surface area is 155 Å². The molecule has 0 spiro atoms. The minimum absolute atomic E-state index is 0.252. The van der Waals surface area contributed by atoms with Gasteiger partial charge in [0.05, 0.1) is 29.3 Å². The van der Waals surface area contributed by atoms with Gasteiger partial charge in [-0.05, 0) is 43.3 Å². The summed E-state index contributed by atoms with van der Waals surface area (Å²) in [4.78, 5) is 24.2. The van der Waals surface area contributed by atoms with Crippen LogP contribution in [0.5, 0.6) is 11.5 Å². The quantitative estimate of drug-likeness (QED) is 0.523. The second-order valence-corrected chi connectivity index (χ2v) is 5.74. The molecule has 0 N–H and O–H groups in total. The molecule has 0 aliphatic rings. The van der Waals surface area contributed by atoms with Crippen LogP contribution < -0.4 is 9.47 Å². The van der Waals surface area contributed by atoms with Gasteiger partial charge in [0, 0.05) is 5.56 Å². The molecule has 0 aliphatic heterocycles. The third kappa shape index (κ3) is 4.87. The first-order chi connectivity index (χ1) is 12.0. The van der Waals surface area contributed by atoms with Crippen LogP contribution in [0.15, 0.2) is 36.4 Å². The first kappa shape index (κ1) is 19.1. The molecule has 0 saturated carbocycles. The largest absolute Gasteiger partial charge is 0.493 e. The van der Waals surface area contributed by atoms with E-state index in [0.717, 1.165) is 0 Å². The van der Waals surface area contributed by atoms with Crippen LogP contribution in [-0.4, -0.2) is 32.1 Å². The number of Topliss-reactive ketones (excluding diaryl/α,β-unsaturated/α-hetero) is 1. The van der Waals surface area contributed by atoms with Crippen LogP contribution in [0.1, 0.15) is 27.6 Å². The minimum atomic E-state index is -0.644. The zero-order valence-corrected chi connectivity index (χ0v) is 15.2. The van der Waals surface area contributed by atoms with E-state index in [4.69, 9.17) is 37.4 Å². The number of ether oxygens (including phenoxy) is 3. The molecule has 0 unspecified atom stereocenters. The first-order valence-corrected chi connectivity index (χ1v) is 8.18. The minimum Gasteiger partial charge on any atom is -0.493 e.